The van der Waals surface area contributed by atoms with Crippen molar-refractivity contribution in [2.75, 3.05) is 0 Å². The highest BCUT2D eigenvalue weighted by Gasteiger charge is 1.89. The number of rotatable bonds is 0. The summed E-state index contributed by atoms with van der Waals surface area (Å²) in [6.45, 7) is 0. The second-order valence-electron chi connectivity index (χ2n) is 8.84. The van der Waals surface area contributed by atoms with Crippen LogP contribution in [-0.2, 0) is 0 Å². The monoisotopic (exact) mass is 516 g/mol. The van der Waals surface area contributed by atoms with Crippen molar-refractivity contribution >= 4 is 43.4 Å². The minimum atomic E-state index is 1.06. The maximum atomic E-state index is 4.18. The summed E-state index contributed by atoms with van der Waals surface area (Å²) in [6, 6.07) is 44.6. The van der Waals surface area contributed by atoms with E-state index in [2.05, 4.69) is 68.5 Å². The maximum Gasteiger partial charge on any atom is 0.0701 e. The Morgan fingerprint density at radius 2 is 0.625 bits per heavy atom. The molecule has 0 aliphatic heterocycles. The first-order valence-corrected chi connectivity index (χ1v) is 13.0. The summed E-state index contributed by atoms with van der Waals surface area (Å²) in [5, 5.41) is 7.29. The number of nitrogens with zero attached hydrogens (tertiary/aromatic N) is 4. The second-order valence-corrected chi connectivity index (χ2v) is 8.84. The Hall–Kier alpha value is -5.48. The van der Waals surface area contributed by atoms with Crippen molar-refractivity contribution in [2.45, 2.75) is 0 Å². The highest BCUT2D eigenvalue weighted by Crippen LogP contribution is 2.11. The van der Waals surface area contributed by atoms with Crippen LogP contribution < -0.4 is 0 Å². The lowest BCUT2D eigenvalue weighted by molar-refractivity contribution is 1.36. The second kappa shape index (κ2) is 13.9. The van der Waals surface area contributed by atoms with Gasteiger partial charge in [-0.1, -0.05) is 97.1 Å². The molecule has 0 bridgehead atoms. The minimum absolute atomic E-state index is 1.06. The van der Waals surface area contributed by atoms with E-state index in [4.69, 9.17) is 0 Å². The van der Waals surface area contributed by atoms with Crippen molar-refractivity contribution in [3.05, 3.63) is 171 Å². The van der Waals surface area contributed by atoms with E-state index in [1.807, 2.05) is 122 Å². The van der Waals surface area contributed by atoms with Gasteiger partial charge < -0.3 is 0 Å². The van der Waals surface area contributed by atoms with Crippen molar-refractivity contribution in [1.29, 1.82) is 0 Å². The molecule has 8 rings (SSSR count). The van der Waals surface area contributed by atoms with Crippen LogP contribution in [0.1, 0.15) is 0 Å². The fraction of sp³-hybridized carbons (Fsp3) is 0. The third kappa shape index (κ3) is 7.30. The molecule has 0 saturated carbocycles. The Kier molecular flexibility index (Phi) is 9.08. The van der Waals surface area contributed by atoms with E-state index >= 15 is 0 Å². The lowest BCUT2D eigenvalue weighted by Gasteiger charge is -1.91. The molecule has 0 amide bonds. The van der Waals surface area contributed by atoms with Gasteiger partial charge in [-0.2, -0.15) is 0 Å². The summed E-state index contributed by atoms with van der Waals surface area (Å²) >= 11 is 0. The molecular formula is C36H28N4. The molecule has 0 aliphatic rings. The maximum absolute atomic E-state index is 4.18. The van der Waals surface area contributed by atoms with Crippen molar-refractivity contribution in [3.8, 4) is 0 Å². The average molecular weight is 517 g/mol. The molecule has 0 spiro atoms. The van der Waals surface area contributed by atoms with E-state index < -0.39 is 0 Å². The van der Waals surface area contributed by atoms with E-state index in [1.165, 1.54) is 32.3 Å². The molecular weight excluding hydrogens is 488 g/mol. The SMILES string of the molecule is c1ccc2cnccc2c1.c1ccc2cnccc2c1.c1ccc2ncccc2c1.c1ccc2ncccc2c1. The highest BCUT2D eigenvalue weighted by atomic mass is 14.6. The van der Waals surface area contributed by atoms with Crippen LogP contribution in [0.5, 0.6) is 0 Å². The van der Waals surface area contributed by atoms with E-state index in [0.29, 0.717) is 0 Å². The lowest BCUT2D eigenvalue weighted by Crippen LogP contribution is -1.73. The molecule has 4 heteroatoms. The Bertz CT molecular complexity index is 1390. The highest BCUT2D eigenvalue weighted by molar-refractivity contribution is 5.82. The quantitative estimate of drug-likeness (QED) is 0.202. The fourth-order valence-corrected chi connectivity index (χ4v) is 4.09. The van der Waals surface area contributed by atoms with Gasteiger partial charge in [-0.15, -0.1) is 0 Å². The van der Waals surface area contributed by atoms with Gasteiger partial charge in [-0.3, -0.25) is 19.9 Å². The van der Waals surface area contributed by atoms with Gasteiger partial charge in [0.25, 0.3) is 0 Å². The van der Waals surface area contributed by atoms with Crippen LogP contribution in [0.3, 0.4) is 0 Å². The molecule has 192 valence electrons. The Morgan fingerprint density at radius 1 is 0.275 bits per heavy atom. The Labute approximate surface area is 233 Å². The molecule has 0 N–H and O–H groups in total. The van der Waals surface area contributed by atoms with Crippen molar-refractivity contribution < 1.29 is 0 Å². The van der Waals surface area contributed by atoms with Crippen LogP contribution >= 0.6 is 0 Å². The number of fused-ring (bicyclic) bond motifs is 4. The summed E-state index contributed by atoms with van der Waals surface area (Å²) in [4.78, 5) is 16.4. The molecule has 8 aromatic rings. The standard InChI is InChI=1S/4C9H7N/c2*1-2-6-9-8(4-1)5-3-7-10-9;2*1-2-4-9-7-10-6-5-8(9)3-1/h4*1-7H. The van der Waals surface area contributed by atoms with Crippen molar-refractivity contribution in [1.82, 2.24) is 19.9 Å². The molecule has 0 fully saturated rings. The number of hydrogen-bond acceptors (Lipinski definition) is 4. The van der Waals surface area contributed by atoms with Crippen LogP contribution in [0.25, 0.3) is 43.4 Å². The predicted octanol–water partition coefficient (Wildman–Crippen LogP) is 8.94. The largest absolute Gasteiger partial charge is 0.264 e. The molecule has 40 heavy (non-hydrogen) atoms. The average Bonchev–Trinajstić information content (AvgIpc) is 3.06. The zero-order chi connectivity index (χ0) is 27.2. The van der Waals surface area contributed by atoms with Gasteiger partial charge in [0.15, 0.2) is 0 Å². The van der Waals surface area contributed by atoms with Crippen LogP contribution in [-0.4, -0.2) is 19.9 Å². The van der Waals surface area contributed by atoms with Gasteiger partial charge >= 0.3 is 0 Å². The van der Waals surface area contributed by atoms with Crippen LogP contribution in [0.2, 0.25) is 0 Å². The molecule has 0 radical (unpaired) electrons. The van der Waals surface area contributed by atoms with Gasteiger partial charge in [-0.05, 0) is 57.9 Å². The Balaban J connectivity index is 0.000000108. The third-order valence-electron chi connectivity index (χ3n) is 6.12. The van der Waals surface area contributed by atoms with E-state index in [9.17, 15) is 0 Å². The van der Waals surface area contributed by atoms with Crippen LogP contribution in [0.4, 0.5) is 0 Å². The molecule has 0 aliphatic carbocycles. The van der Waals surface area contributed by atoms with Gasteiger partial charge in [0.05, 0.1) is 11.0 Å². The van der Waals surface area contributed by atoms with E-state index in [1.54, 1.807) is 0 Å². The first-order valence-electron chi connectivity index (χ1n) is 13.0. The number of benzene rings is 4. The van der Waals surface area contributed by atoms with Crippen LogP contribution in [0, 0.1) is 0 Å². The van der Waals surface area contributed by atoms with Gasteiger partial charge in [0.2, 0.25) is 0 Å². The van der Waals surface area contributed by atoms with Gasteiger partial charge in [-0.25, -0.2) is 0 Å². The molecule has 0 unspecified atom stereocenters. The number of aromatic nitrogens is 4. The fourth-order valence-electron chi connectivity index (χ4n) is 4.09. The molecule has 4 nitrogen and oxygen atoms in total. The van der Waals surface area contributed by atoms with Crippen LogP contribution in [0.15, 0.2) is 171 Å². The summed E-state index contributed by atoms with van der Waals surface area (Å²) in [6.07, 6.45) is 11.0. The summed E-state index contributed by atoms with van der Waals surface area (Å²) < 4.78 is 0. The van der Waals surface area contributed by atoms with Gasteiger partial charge in [0, 0.05) is 48.0 Å². The number of pyridine rings is 4. The molecule has 0 saturated heterocycles. The number of para-hydroxylation sites is 2. The normalized spacial score (nSPS) is 10.0. The topological polar surface area (TPSA) is 51.6 Å². The van der Waals surface area contributed by atoms with E-state index in [-0.39, 0.29) is 0 Å². The summed E-state index contributed by atoms with van der Waals surface area (Å²) in [7, 11) is 0. The molecule has 4 heterocycles. The Morgan fingerprint density at radius 3 is 1.02 bits per heavy atom. The van der Waals surface area contributed by atoms with Crippen molar-refractivity contribution in [2.24, 2.45) is 0 Å². The number of hydrogen-bond donors (Lipinski definition) is 0. The molecule has 4 aromatic carbocycles. The zero-order valence-electron chi connectivity index (χ0n) is 22.0. The first kappa shape index (κ1) is 26.1. The molecule has 0 atom stereocenters. The summed E-state index contributed by atoms with van der Waals surface area (Å²) in [5.74, 6) is 0. The smallest absolute Gasteiger partial charge is 0.0701 e. The minimum Gasteiger partial charge on any atom is -0.264 e. The molecule has 4 aromatic heterocycles. The van der Waals surface area contributed by atoms with Crippen molar-refractivity contribution in [3.63, 3.8) is 0 Å². The van der Waals surface area contributed by atoms with Gasteiger partial charge in [0.1, 0.15) is 0 Å². The first-order chi connectivity index (χ1) is 19.9. The zero-order valence-corrected chi connectivity index (χ0v) is 22.0. The lowest BCUT2D eigenvalue weighted by atomic mass is 10.2. The van der Waals surface area contributed by atoms with E-state index in [0.717, 1.165) is 11.0 Å². The third-order valence-corrected chi connectivity index (χ3v) is 6.12. The summed E-state index contributed by atoms with van der Waals surface area (Å²) in [5.41, 5.74) is 2.12. The predicted molar refractivity (Wildman–Crippen MR) is 167 cm³/mol.